The van der Waals surface area contributed by atoms with Crippen molar-refractivity contribution >= 4 is 30.7 Å². The number of carbonyl (C=O) groups excluding carboxylic acids is 1. The van der Waals surface area contributed by atoms with E-state index in [1.165, 1.54) is 25.7 Å². The maximum absolute atomic E-state index is 11.9. The standard InChI is InChI=1S/C14H27N3O2.2ClH/c1-17(11-4-2-3-5-11)9-8-16-14(18)13-7-6-12(10-15)19-13;;/h11-13H,2-10,15H2,1H3,(H,16,18);2*1H/t12-,13+;;/m1../s1. The van der Waals surface area contributed by atoms with E-state index in [1.54, 1.807) is 0 Å². The summed E-state index contributed by atoms with van der Waals surface area (Å²) < 4.78 is 5.58. The number of nitrogens with zero attached hydrogens (tertiary/aromatic N) is 1. The molecule has 0 aromatic rings. The van der Waals surface area contributed by atoms with Crippen molar-refractivity contribution in [3.05, 3.63) is 0 Å². The zero-order valence-electron chi connectivity index (χ0n) is 12.8. The molecule has 21 heavy (non-hydrogen) atoms. The summed E-state index contributed by atoms with van der Waals surface area (Å²) >= 11 is 0. The second kappa shape index (κ2) is 10.6. The first-order valence-corrected chi connectivity index (χ1v) is 7.54. The number of amides is 1. The van der Waals surface area contributed by atoms with Crippen molar-refractivity contribution in [2.24, 2.45) is 5.73 Å². The SMILES string of the molecule is CN(CCNC(=O)[C@@H]1CC[C@H](CN)O1)C1CCCC1.Cl.Cl. The summed E-state index contributed by atoms with van der Waals surface area (Å²) in [7, 11) is 2.15. The monoisotopic (exact) mass is 341 g/mol. The van der Waals surface area contributed by atoms with Gasteiger partial charge in [-0.1, -0.05) is 12.8 Å². The predicted octanol–water partition coefficient (Wildman–Crippen LogP) is 1.33. The van der Waals surface area contributed by atoms with Crippen molar-refractivity contribution in [3.8, 4) is 0 Å². The first-order chi connectivity index (χ1) is 9.20. The van der Waals surface area contributed by atoms with E-state index < -0.39 is 0 Å². The Morgan fingerprint density at radius 2 is 1.90 bits per heavy atom. The van der Waals surface area contributed by atoms with E-state index in [1.807, 2.05) is 0 Å². The van der Waals surface area contributed by atoms with Gasteiger partial charge in [0.25, 0.3) is 0 Å². The van der Waals surface area contributed by atoms with Crippen LogP contribution in [-0.2, 0) is 9.53 Å². The lowest BCUT2D eigenvalue weighted by Crippen LogP contribution is -2.41. The van der Waals surface area contributed by atoms with E-state index in [4.69, 9.17) is 10.5 Å². The molecule has 0 aromatic carbocycles. The molecule has 0 aromatic heterocycles. The molecule has 2 aliphatic rings. The summed E-state index contributed by atoms with van der Waals surface area (Å²) in [5.74, 6) is 0.0239. The molecule has 2 rings (SSSR count). The van der Waals surface area contributed by atoms with Gasteiger partial charge in [-0.3, -0.25) is 4.79 Å². The highest BCUT2D eigenvalue weighted by Crippen LogP contribution is 2.22. The first-order valence-electron chi connectivity index (χ1n) is 7.54. The normalized spacial score (nSPS) is 25.5. The number of hydrogen-bond acceptors (Lipinski definition) is 4. The van der Waals surface area contributed by atoms with Gasteiger partial charge in [-0.05, 0) is 32.7 Å². The maximum Gasteiger partial charge on any atom is 0.249 e. The lowest BCUT2D eigenvalue weighted by Gasteiger charge is -2.24. The van der Waals surface area contributed by atoms with Gasteiger partial charge in [0, 0.05) is 25.7 Å². The number of nitrogens with one attached hydrogen (secondary N) is 1. The average Bonchev–Trinajstić information content (AvgIpc) is 3.09. The van der Waals surface area contributed by atoms with Crippen molar-refractivity contribution in [3.63, 3.8) is 0 Å². The second-order valence-electron chi connectivity index (χ2n) is 5.77. The summed E-state index contributed by atoms with van der Waals surface area (Å²) in [5.41, 5.74) is 5.54. The minimum absolute atomic E-state index is 0. The molecule has 1 aliphatic heterocycles. The molecule has 5 nitrogen and oxygen atoms in total. The number of likely N-dealkylation sites (N-methyl/N-ethyl adjacent to an activating group) is 1. The topological polar surface area (TPSA) is 67.6 Å². The van der Waals surface area contributed by atoms with Crippen LogP contribution in [0.1, 0.15) is 38.5 Å². The minimum Gasteiger partial charge on any atom is -0.364 e. The van der Waals surface area contributed by atoms with Crippen LogP contribution >= 0.6 is 24.8 Å². The smallest absolute Gasteiger partial charge is 0.249 e. The zero-order chi connectivity index (χ0) is 13.7. The number of halogens is 2. The molecular weight excluding hydrogens is 313 g/mol. The molecule has 2 fully saturated rings. The summed E-state index contributed by atoms with van der Waals surface area (Å²) in [4.78, 5) is 14.3. The van der Waals surface area contributed by atoms with Crippen LogP contribution in [0.4, 0.5) is 0 Å². The number of hydrogen-bond donors (Lipinski definition) is 2. The van der Waals surface area contributed by atoms with Gasteiger partial charge in [0.05, 0.1) is 6.10 Å². The van der Waals surface area contributed by atoms with Crippen molar-refractivity contribution < 1.29 is 9.53 Å². The molecular formula is C14H29Cl2N3O2. The summed E-state index contributed by atoms with van der Waals surface area (Å²) in [6, 6.07) is 0.709. The van der Waals surface area contributed by atoms with Crippen LogP contribution < -0.4 is 11.1 Å². The van der Waals surface area contributed by atoms with Crippen LogP contribution in [0.2, 0.25) is 0 Å². The van der Waals surface area contributed by atoms with Gasteiger partial charge in [0.1, 0.15) is 6.10 Å². The molecule has 1 aliphatic carbocycles. The van der Waals surface area contributed by atoms with Crippen molar-refractivity contribution in [2.75, 3.05) is 26.7 Å². The molecule has 2 atom stereocenters. The fourth-order valence-corrected chi connectivity index (χ4v) is 3.07. The molecule has 7 heteroatoms. The summed E-state index contributed by atoms with van der Waals surface area (Å²) in [6.07, 6.45) is 6.77. The fourth-order valence-electron chi connectivity index (χ4n) is 3.07. The van der Waals surface area contributed by atoms with Gasteiger partial charge < -0.3 is 20.7 Å². The number of rotatable bonds is 6. The highest BCUT2D eigenvalue weighted by atomic mass is 35.5. The van der Waals surface area contributed by atoms with Crippen LogP contribution in [0.5, 0.6) is 0 Å². The van der Waals surface area contributed by atoms with E-state index in [0.29, 0.717) is 19.1 Å². The molecule has 0 unspecified atom stereocenters. The Bertz CT molecular complexity index is 302. The Morgan fingerprint density at radius 1 is 1.24 bits per heavy atom. The fraction of sp³-hybridized carbons (Fsp3) is 0.929. The third-order valence-corrected chi connectivity index (χ3v) is 4.37. The minimum atomic E-state index is -0.287. The lowest BCUT2D eigenvalue weighted by molar-refractivity contribution is -0.131. The van der Waals surface area contributed by atoms with Crippen LogP contribution in [0.3, 0.4) is 0 Å². The molecule has 1 heterocycles. The van der Waals surface area contributed by atoms with E-state index >= 15 is 0 Å². The molecule has 0 radical (unpaired) electrons. The lowest BCUT2D eigenvalue weighted by atomic mass is 10.2. The van der Waals surface area contributed by atoms with Gasteiger partial charge in [-0.25, -0.2) is 0 Å². The molecule has 126 valence electrons. The Kier molecular flexibility index (Phi) is 10.6. The number of nitrogens with two attached hydrogens (primary N) is 1. The second-order valence-corrected chi connectivity index (χ2v) is 5.77. The van der Waals surface area contributed by atoms with E-state index in [9.17, 15) is 4.79 Å². The number of carbonyl (C=O) groups is 1. The highest BCUT2D eigenvalue weighted by molar-refractivity contribution is 5.85. The molecule has 1 amide bonds. The van der Waals surface area contributed by atoms with Gasteiger partial charge in [-0.2, -0.15) is 0 Å². The maximum atomic E-state index is 11.9. The molecule has 1 saturated carbocycles. The third kappa shape index (κ3) is 6.28. The zero-order valence-corrected chi connectivity index (χ0v) is 14.4. The summed E-state index contributed by atoms with van der Waals surface area (Å²) in [5, 5.41) is 2.98. The van der Waals surface area contributed by atoms with Crippen LogP contribution in [0, 0.1) is 0 Å². The van der Waals surface area contributed by atoms with Crippen LogP contribution in [0.15, 0.2) is 0 Å². The van der Waals surface area contributed by atoms with E-state index in [0.717, 1.165) is 19.4 Å². The van der Waals surface area contributed by atoms with Crippen LogP contribution in [0.25, 0.3) is 0 Å². The van der Waals surface area contributed by atoms with Crippen molar-refractivity contribution in [1.82, 2.24) is 10.2 Å². The Labute approximate surface area is 140 Å². The van der Waals surface area contributed by atoms with Gasteiger partial charge in [0.15, 0.2) is 0 Å². The Morgan fingerprint density at radius 3 is 2.48 bits per heavy atom. The van der Waals surface area contributed by atoms with Crippen molar-refractivity contribution in [1.29, 1.82) is 0 Å². The quantitative estimate of drug-likeness (QED) is 0.764. The van der Waals surface area contributed by atoms with Gasteiger partial charge in [-0.15, -0.1) is 24.8 Å². The van der Waals surface area contributed by atoms with Gasteiger partial charge in [0.2, 0.25) is 5.91 Å². The third-order valence-electron chi connectivity index (χ3n) is 4.37. The molecule has 0 spiro atoms. The largest absolute Gasteiger partial charge is 0.364 e. The highest BCUT2D eigenvalue weighted by Gasteiger charge is 2.29. The van der Waals surface area contributed by atoms with Gasteiger partial charge >= 0.3 is 0 Å². The Hall–Kier alpha value is -0.0700. The average molecular weight is 342 g/mol. The van der Waals surface area contributed by atoms with E-state index in [-0.39, 0.29) is 42.9 Å². The first kappa shape index (κ1) is 20.9. The number of ether oxygens (including phenoxy) is 1. The van der Waals surface area contributed by atoms with Crippen molar-refractivity contribution in [2.45, 2.75) is 56.8 Å². The Balaban J connectivity index is 0.00000200. The van der Waals surface area contributed by atoms with Crippen LogP contribution in [-0.4, -0.2) is 55.7 Å². The molecule has 0 bridgehead atoms. The van der Waals surface area contributed by atoms with E-state index in [2.05, 4.69) is 17.3 Å². The molecule has 3 N–H and O–H groups in total. The summed E-state index contributed by atoms with van der Waals surface area (Å²) in [6.45, 7) is 2.14. The molecule has 1 saturated heterocycles. The predicted molar refractivity (Wildman–Crippen MR) is 89.3 cm³/mol.